The van der Waals surface area contributed by atoms with Gasteiger partial charge in [-0.05, 0) is 79.2 Å². The van der Waals surface area contributed by atoms with Crippen molar-refractivity contribution in [3.63, 3.8) is 0 Å². The molecule has 0 saturated carbocycles. The lowest BCUT2D eigenvalue weighted by Crippen LogP contribution is -2.30. The highest BCUT2D eigenvalue weighted by Crippen LogP contribution is 2.38. The molecular weight excluding hydrogens is 448 g/mol. The molecule has 1 heterocycles. The van der Waals surface area contributed by atoms with Gasteiger partial charge in [0, 0.05) is 40.9 Å². The number of nitrogens with zero attached hydrogens (tertiary/aromatic N) is 1. The van der Waals surface area contributed by atoms with Crippen LogP contribution in [0.25, 0.3) is 0 Å². The van der Waals surface area contributed by atoms with Crippen LogP contribution in [0.15, 0.2) is 42.5 Å². The zero-order valence-electron chi connectivity index (χ0n) is 16.8. The Bertz CT molecular complexity index is 926. The van der Waals surface area contributed by atoms with E-state index in [1.54, 1.807) is 35.2 Å². The van der Waals surface area contributed by atoms with Crippen LogP contribution in [0.5, 0.6) is 0 Å². The van der Waals surface area contributed by atoms with E-state index in [2.05, 4.69) is 0 Å². The molecule has 0 N–H and O–H groups in total. The van der Waals surface area contributed by atoms with Crippen molar-refractivity contribution in [3.05, 3.63) is 69.5 Å². The second-order valence-electron chi connectivity index (χ2n) is 8.32. The Kier molecular flexibility index (Phi) is 7.11. The molecule has 1 saturated heterocycles. The van der Waals surface area contributed by atoms with E-state index in [0.717, 1.165) is 11.1 Å². The highest BCUT2D eigenvalue weighted by Gasteiger charge is 2.37. The largest absolute Gasteiger partial charge is 0.328 e. The van der Waals surface area contributed by atoms with Crippen LogP contribution in [0.3, 0.4) is 0 Å². The Morgan fingerprint density at radius 1 is 1.07 bits per heavy atom. The number of ketones is 1. The molecule has 3 nitrogen and oxygen atoms in total. The van der Waals surface area contributed by atoms with Gasteiger partial charge in [-0.3, -0.25) is 9.59 Å². The maximum absolute atomic E-state index is 13.3. The fourth-order valence-corrected chi connectivity index (χ4v) is 4.76. The number of hydrogen-bond acceptors (Lipinski definition) is 2. The summed E-state index contributed by atoms with van der Waals surface area (Å²) in [5, 5.41) is 0.466. The molecular formula is C23H23Cl3FNO2. The van der Waals surface area contributed by atoms with Gasteiger partial charge in [-0.15, -0.1) is 0 Å². The molecule has 2 aromatic carbocycles. The first kappa shape index (κ1) is 23.1. The van der Waals surface area contributed by atoms with Crippen molar-refractivity contribution in [2.45, 2.75) is 38.0 Å². The number of rotatable bonds is 6. The lowest BCUT2D eigenvalue weighted by Gasteiger charge is -2.26. The van der Waals surface area contributed by atoms with Crippen LogP contribution in [-0.2, 0) is 10.2 Å². The summed E-state index contributed by atoms with van der Waals surface area (Å²) >= 11 is 17.9. The van der Waals surface area contributed by atoms with Gasteiger partial charge in [-0.25, -0.2) is 4.39 Å². The first-order valence-electron chi connectivity index (χ1n) is 9.77. The van der Waals surface area contributed by atoms with E-state index in [-0.39, 0.29) is 23.4 Å². The summed E-state index contributed by atoms with van der Waals surface area (Å²) in [7, 11) is 0. The lowest BCUT2D eigenvalue weighted by atomic mass is 9.77. The van der Waals surface area contributed by atoms with Crippen LogP contribution >= 0.6 is 34.8 Å². The van der Waals surface area contributed by atoms with E-state index in [1.807, 2.05) is 13.8 Å². The first-order chi connectivity index (χ1) is 14.1. The van der Waals surface area contributed by atoms with Crippen LogP contribution < -0.4 is 0 Å². The Morgan fingerprint density at radius 2 is 1.67 bits per heavy atom. The zero-order chi connectivity index (χ0) is 22.1. The van der Waals surface area contributed by atoms with Gasteiger partial charge >= 0.3 is 5.37 Å². The highest BCUT2D eigenvalue weighted by atomic mass is 35.5. The summed E-state index contributed by atoms with van der Waals surface area (Å²) in [4.78, 5) is 26.4. The van der Waals surface area contributed by atoms with E-state index in [1.165, 1.54) is 12.1 Å². The molecule has 0 bridgehead atoms. The molecule has 1 amide bonds. The summed E-state index contributed by atoms with van der Waals surface area (Å²) < 4.78 is 13.3. The second-order valence-corrected chi connectivity index (χ2v) is 9.52. The van der Waals surface area contributed by atoms with Crippen LogP contribution in [0.1, 0.15) is 43.7 Å². The standard InChI is InChI=1S/C23H23Cl3FNO2/c1-23(2,16-9-17(24)11-18(25)10-16)21(29)8-5-15-12-28(22(26)30)13-20(15)14-3-6-19(27)7-4-14/h3-4,6-7,9-11,15,20H,5,8,12-13H2,1-2H3/t15-,20+/m1/s1. The van der Waals surface area contributed by atoms with Crippen LogP contribution in [0.4, 0.5) is 9.18 Å². The minimum absolute atomic E-state index is 0.00447. The van der Waals surface area contributed by atoms with Gasteiger partial charge in [0.05, 0.1) is 0 Å². The molecule has 0 spiro atoms. The fourth-order valence-electron chi connectivity index (χ4n) is 4.10. The third-order valence-corrected chi connectivity index (χ3v) is 6.69. The lowest BCUT2D eigenvalue weighted by molar-refractivity contribution is -0.123. The van der Waals surface area contributed by atoms with Crippen LogP contribution in [0, 0.1) is 11.7 Å². The van der Waals surface area contributed by atoms with Crippen LogP contribution in [0.2, 0.25) is 10.0 Å². The molecule has 0 unspecified atom stereocenters. The monoisotopic (exact) mass is 469 g/mol. The molecule has 2 atom stereocenters. The Labute approximate surface area is 191 Å². The first-order valence-corrected chi connectivity index (χ1v) is 10.9. The third-order valence-electron chi connectivity index (χ3n) is 6.01. The van der Waals surface area contributed by atoms with Gasteiger partial charge < -0.3 is 4.90 Å². The third kappa shape index (κ3) is 5.16. The molecule has 1 aliphatic rings. The molecule has 0 aliphatic carbocycles. The van der Waals surface area contributed by atoms with Gasteiger partial charge in [0.2, 0.25) is 0 Å². The van der Waals surface area contributed by atoms with Gasteiger partial charge in [0.15, 0.2) is 0 Å². The number of amides is 1. The Balaban J connectivity index is 1.75. The van der Waals surface area contributed by atoms with E-state index in [4.69, 9.17) is 34.8 Å². The normalized spacial score (nSPS) is 19.2. The Hall–Kier alpha value is -1.62. The number of hydrogen-bond donors (Lipinski definition) is 0. The van der Waals surface area contributed by atoms with Crippen molar-refractivity contribution in [1.82, 2.24) is 4.90 Å². The number of benzene rings is 2. The topological polar surface area (TPSA) is 37.4 Å². The zero-order valence-corrected chi connectivity index (χ0v) is 19.1. The quantitative estimate of drug-likeness (QED) is 0.342. The summed E-state index contributed by atoms with van der Waals surface area (Å²) in [5.74, 6) is -0.185. The number of likely N-dealkylation sites (tertiary alicyclic amines) is 1. The molecule has 1 fully saturated rings. The number of carbonyl (C=O) groups excluding carboxylic acids is 2. The summed E-state index contributed by atoms with van der Waals surface area (Å²) in [6.45, 7) is 4.65. The van der Waals surface area contributed by atoms with E-state index >= 15 is 0 Å². The highest BCUT2D eigenvalue weighted by molar-refractivity contribution is 6.62. The molecule has 30 heavy (non-hydrogen) atoms. The van der Waals surface area contributed by atoms with E-state index < -0.39 is 10.8 Å². The summed E-state index contributed by atoms with van der Waals surface area (Å²) in [6, 6.07) is 11.4. The van der Waals surface area contributed by atoms with Crippen molar-refractivity contribution in [3.8, 4) is 0 Å². The number of Topliss-reactive ketones (excluding diaryl/α,β-unsaturated/α-hetero) is 1. The predicted molar refractivity (Wildman–Crippen MR) is 119 cm³/mol. The Morgan fingerprint density at radius 3 is 2.23 bits per heavy atom. The smallest absolute Gasteiger partial charge is 0.316 e. The molecule has 0 aromatic heterocycles. The molecule has 0 radical (unpaired) electrons. The number of carbonyl (C=O) groups is 2. The van der Waals surface area contributed by atoms with E-state index in [9.17, 15) is 14.0 Å². The van der Waals surface area contributed by atoms with Gasteiger partial charge in [-0.2, -0.15) is 0 Å². The summed E-state index contributed by atoms with van der Waals surface area (Å²) in [6.07, 6.45) is 0.934. The van der Waals surface area contributed by atoms with Crippen molar-refractivity contribution in [1.29, 1.82) is 0 Å². The van der Waals surface area contributed by atoms with Crippen molar-refractivity contribution in [2.24, 2.45) is 5.92 Å². The van der Waals surface area contributed by atoms with Crippen LogP contribution in [-0.4, -0.2) is 29.1 Å². The van der Waals surface area contributed by atoms with Crippen molar-refractivity contribution in [2.75, 3.05) is 13.1 Å². The maximum atomic E-state index is 13.3. The molecule has 2 aromatic rings. The van der Waals surface area contributed by atoms with Crippen molar-refractivity contribution < 1.29 is 14.0 Å². The number of halogens is 4. The van der Waals surface area contributed by atoms with Gasteiger partial charge in [-0.1, -0.05) is 35.3 Å². The average Bonchev–Trinajstić information content (AvgIpc) is 3.10. The molecule has 1 aliphatic heterocycles. The fraction of sp³-hybridized carbons (Fsp3) is 0.391. The van der Waals surface area contributed by atoms with Gasteiger partial charge in [0.1, 0.15) is 11.6 Å². The maximum Gasteiger partial charge on any atom is 0.316 e. The predicted octanol–water partition coefficient (Wildman–Crippen LogP) is 6.83. The van der Waals surface area contributed by atoms with Crippen molar-refractivity contribution >= 4 is 46.0 Å². The summed E-state index contributed by atoms with van der Waals surface area (Å²) in [5.41, 5.74) is 0.958. The SMILES string of the molecule is CC(C)(C(=O)CC[C@@H]1CN(C(=O)Cl)C[C@H]1c1ccc(F)cc1)c1cc(Cl)cc(Cl)c1. The molecule has 7 heteroatoms. The average molecular weight is 471 g/mol. The van der Waals surface area contributed by atoms with E-state index in [0.29, 0.717) is 36.0 Å². The minimum atomic E-state index is -0.749. The second kappa shape index (κ2) is 9.25. The molecule has 160 valence electrons. The minimum Gasteiger partial charge on any atom is -0.328 e. The van der Waals surface area contributed by atoms with Gasteiger partial charge in [0.25, 0.3) is 0 Å². The molecule has 3 rings (SSSR count).